The van der Waals surface area contributed by atoms with Gasteiger partial charge >= 0.3 is 12.1 Å². The first kappa shape index (κ1) is 19.5. The summed E-state index contributed by atoms with van der Waals surface area (Å²) in [6, 6.07) is 6.14. The Labute approximate surface area is 175 Å². The van der Waals surface area contributed by atoms with Crippen LogP contribution in [-0.4, -0.2) is 65.6 Å². The second-order valence-corrected chi connectivity index (χ2v) is 8.70. The molecule has 4 aliphatic rings. The number of hydrogen-bond donors (Lipinski definition) is 1. The van der Waals surface area contributed by atoms with Crippen molar-refractivity contribution in [2.75, 3.05) is 32.8 Å². The Bertz CT molecular complexity index is 957. The molecule has 5 heterocycles. The summed E-state index contributed by atoms with van der Waals surface area (Å²) >= 11 is 0. The van der Waals surface area contributed by atoms with Gasteiger partial charge in [0, 0.05) is 38.2 Å². The maximum absolute atomic E-state index is 12.8. The fourth-order valence-electron chi connectivity index (χ4n) is 5.16. The second-order valence-electron chi connectivity index (χ2n) is 8.70. The fourth-order valence-corrected chi connectivity index (χ4v) is 5.16. The third-order valence-electron chi connectivity index (χ3n) is 6.91. The first-order valence-electron chi connectivity index (χ1n) is 10.9. The lowest BCUT2D eigenvalue weighted by Gasteiger charge is -2.44. The van der Waals surface area contributed by atoms with Crippen molar-refractivity contribution >= 4 is 23.0 Å². The van der Waals surface area contributed by atoms with Gasteiger partial charge in [-0.1, -0.05) is 6.07 Å². The molecule has 0 aliphatic carbocycles. The molecule has 0 radical (unpaired) electrons. The molecule has 2 aromatic rings. The molecule has 4 fully saturated rings. The zero-order valence-electron chi connectivity index (χ0n) is 17.3. The number of ether oxygens (including phenoxy) is 2. The molecule has 0 unspecified atom stereocenters. The third kappa shape index (κ3) is 3.70. The van der Waals surface area contributed by atoms with Crippen molar-refractivity contribution in [3.8, 4) is 0 Å². The average molecular weight is 412 g/mol. The van der Waals surface area contributed by atoms with Crippen LogP contribution in [0.1, 0.15) is 47.7 Å². The summed E-state index contributed by atoms with van der Waals surface area (Å²) < 4.78 is 12.3. The number of rotatable bonds is 3. The lowest BCUT2D eigenvalue weighted by Crippen LogP contribution is -2.57. The molecule has 1 atom stereocenters. The van der Waals surface area contributed by atoms with E-state index in [2.05, 4.69) is 21.4 Å². The normalized spacial score (nSPS) is 26.6. The number of carbonyl (C=O) groups is 2. The topological polar surface area (TPSA) is 85.7 Å². The van der Waals surface area contributed by atoms with E-state index in [0.717, 1.165) is 69.4 Å². The van der Waals surface area contributed by atoms with E-state index in [0.29, 0.717) is 11.8 Å². The van der Waals surface area contributed by atoms with Gasteiger partial charge in [-0.15, -0.1) is 0 Å². The summed E-state index contributed by atoms with van der Waals surface area (Å²) in [5, 5.41) is 7.96. The molecule has 1 amide bonds. The van der Waals surface area contributed by atoms with E-state index in [-0.39, 0.29) is 11.7 Å². The molecule has 2 bridgehead atoms. The number of esters is 1. The number of carbonyl (C=O) groups excluding carboxylic acids is 2. The van der Waals surface area contributed by atoms with Crippen LogP contribution >= 0.6 is 0 Å². The molecule has 1 aromatic heterocycles. The highest BCUT2D eigenvalue weighted by atomic mass is 16.6. The summed E-state index contributed by atoms with van der Waals surface area (Å²) in [6.07, 6.45) is 3.41. The molecule has 0 saturated carbocycles. The number of nitrogens with one attached hydrogen (secondary N) is 1. The van der Waals surface area contributed by atoms with Crippen LogP contribution in [0.5, 0.6) is 0 Å². The number of amides is 1. The first-order chi connectivity index (χ1) is 14.6. The number of fused-ring (bicyclic) bond motifs is 4. The number of benzene rings is 1. The molecular formula is C22H28N4O4. The highest BCUT2D eigenvalue weighted by Gasteiger charge is 2.35. The van der Waals surface area contributed by atoms with Crippen LogP contribution < -0.4 is 5.32 Å². The number of piperidine rings is 3. The Morgan fingerprint density at radius 2 is 1.93 bits per heavy atom. The van der Waals surface area contributed by atoms with Crippen molar-refractivity contribution in [3.05, 3.63) is 29.5 Å². The van der Waals surface area contributed by atoms with Gasteiger partial charge in [0.25, 0.3) is 0 Å². The molecular weight excluding hydrogens is 384 g/mol. The van der Waals surface area contributed by atoms with Crippen LogP contribution in [0.3, 0.4) is 0 Å². The second kappa shape index (κ2) is 8.00. The summed E-state index contributed by atoms with van der Waals surface area (Å²) in [6.45, 7) is 4.52. The highest BCUT2D eigenvalue weighted by molar-refractivity contribution is 6.05. The number of aromatic nitrogens is 2. The SMILES string of the molecule is Cn1nc(C(=O)OC(=O)N[C@H]2CN3CCC2CC3)c2cc(C3CCOCC3)ccc21. The highest BCUT2D eigenvalue weighted by Crippen LogP contribution is 2.31. The van der Waals surface area contributed by atoms with Gasteiger partial charge in [0.15, 0.2) is 5.69 Å². The number of nitrogens with zero attached hydrogens (tertiary/aromatic N) is 3. The van der Waals surface area contributed by atoms with Crippen molar-refractivity contribution in [3.63, 3.8) is 0 Å². The molecule has 8 heteroatoms. The van der Waals surface area contributed by atoms with E-state index in [1.165, 1.54) is 5.56 Å². The standard InChI is InChI=1S/C22H28N4O4/c1-25-19-3-2-16(14-6-10-29-11-7-14)12-17(19)20(24-25)21(27)30-22(28)23-18-13-26-8-4-15(18)5-9-26/h2-3,12,14-15,18H,4-11,13H2,1H3,(H,23,28)/t18-/m0/s1. The Morgan fingerprint density at radius 3 is 2.63 bits per heavy atom. The lowest BCUT2D eigenvalue weighted by molar-refractivity contribution is 0.0519. The van der Waals surface area contributed by atoms with Gasteiger partial charge in [0.05, 0.1) is 5.52 Å². The van der Waals surface area contributed by atoms with Crippen LogP contribution in [0.4, 0.5) is 4.79 Å². The molecule has 1 N–H and O–H groups in total. The Balaban J connectivity index is 1.31. The minimum atomic E-state index is -0.705. The molecule has 8 nitrogen and oxygen atoms in total. The minimum Gasteiger partial charge on any atom is -0.381 e. The summed E-state index contributed by atoms with van der Waals surface area (Å²) in [5.74, 6) is 0.172. The van der Waals surface area contributed by atoms with E-state index in [1.54, 1.807) is 11.7 Å². The molecule has 1 aromatic carbocycles. The number of hydrogen-bond acceptors (Lipinski definition) is 6. The minimum absolute atomic E-state index is 0.0494. The number of alkyl carbamates (subject to hydrolysis) is 1. The molecule has 0 spiro atoms. The largest absolute Gasteiger partial charge is 0.415 e. The van der Waals surface area contributed by atoms with Crippen LogP contribution in [0.25, 0.3) is 10.9 Å². The van der Waals surface area contributed by atoms with Gasteiger partial charge in [-0.3, -0.25) is 4.68 Å². The van der Waals surface area contributed by atoms with E-state index in [4.69, 9.17) is 9.47 Å². The van der Waals surface area contributed by atoms with E-state index in [1.807, 2.05) is 12.1 Å². The van der Waals surface area contributed by atoms with Gasteiger partial charge in [-0.2, -0.15) is 5.10 Å². The van der Waals surface area contributed by atoms with E-state index >= 15 is 0 Å². The maximum Gasteiger partial charge on any atom is 0.415 e. The Morgan fingerprint density at radius 1 is 1.17 bits per heavy atom. The summed E-state index contributed by atoms with van der Waals surface area (Å²) in [5.41, 5.74) is 2.20. The molecule has 160 valence electrons. The van der Waals surface area contributed by atoms with Crippen LogP contribution in [-0.2, 0) is 16.5 Å². The first-order valence-corrected chi connectivity index (χ1v) is 10.9. The van der Waals surface area contributed by atoms with Crippen molar-refractivity contribution in [1.29, 1.82) is 0 Å². The molecule has 30 heavy (non-hydrogen) atoms. The van der Waals surface area contributed by atoms with Gasteiger partial charge in [-0.25, -0.2) is 9.59 Å². The van der Waals surface area contributed by atoms with E-state index in [9.17, 15) is 9.59 Å². The Kier molecular flexibility index (Phi) is 5.20. The van der Waals surface area contributed by atoms with Crippen molar-refractivity contribution < 1.29 is 19.1 Å². The van der Waals surface area contributed by atoms with Crippen molar-refractivity contribution in [2.24, 2.45) is 13.0 Å². The predicted molar refractivity (Wildman–Crippen MR) is 110 cm³/mol. The van der Waals surface area contributed by atoms with Gasteiger partial charge < -0.3 is 19.7 Å². The summed E-state index contributed by atoms with van der Waals surface area (Å²) in [7, 11) is 1.79. The monoisotopic (exact) mass is 412 g/mol. The summed E-state index contributed by atoms with van der Waals surface area (Å²) in [4.78, 5) is 27.5. The third-order valence-corrected chi connectivity index (χ3v) is 6.91. The fraction of sp³-hybridized carbons (Fsp3) is 0.591. The van der Waals surface area contributed by atoms with E-state index < -0.39 is 12.1 Å². The van der Waals surface area contributed by atoms with Crippen LogP contribution in [0.15, 0.2) is 18.2 Å². The van der Waals surface area contributed by atoms with Gasteiger partial charge in [0.1, 0.15) is 0 Å². The lowest BCUT2D eigenvalue weighted by atomic mass is 9.84. The maximum atomic E-state index is 12.8. The van der Waals surface area contributed by atoms with Crippen LogP contribution in [0.2, 0.25) is 0 Å². The molecule has 6 rings (SSSR count). The van der Waals surface area contributed by atoms with Gasteiger partial charge in [0.2, 0.25) is 0 Å². The molecule has 4 aliphatic heterocycles. The molecule has 4 saturated heterocycles. The van der Waals surface area contributed by atoms with Gasteiger partial charge in [-0.05, 0) is 68.3 Å². The quantitative estimate of drug-likeness (QED) is 0.616. The smallest absolute Gasteiger partial charge is 0.381 e. The van der Waals surface area contributed by atoms with Crippen molar-refractivity contribution in [2.45, 2.75) is 37.6 Å². The zero-order chi connectivity index (χ0) is 20.7. The Hall–Kier alpha value is -2.45. The van der Waals surface area contributed by atoms with Crippen molar-refractivity contribution in [1.82, 2.24) is 20.0 Å². The zero-order valence-corrected chi connectivity index (χ0v) is 17.3. The number of aryl methyl sites for hydroxylation is 1. The average Bonchev–Trinajstić information content (AvgIpc) is 3.11. The predicted octanol–water partition coefficient (Wildman–Crippen LogP) is 2.43. The van der Waals surface area contributed by atoms with Crippen LogP contribution in [0, 0.1) is 5.92 Å².